The van der Waals surface area contributed by atoms with Crippen LogP contribution in [0, 0.1) is 0 Å². The summed E-state index contributed by atoms with van der Waals surface area (Å²) in [7, 11) is 0. The minimum absolute atomic E-state index is 0.915. The van der Waals surface area contributed by atoms with E-state index in [1.807, 2.05) is 0 Å². The number of hydrogen-bond donors (Lipinski definition) is 2. The first-order valence-corrected chi connectivity index (χ1v) is 10.2. The molecule has 0 aliphatic carbocycles. The number of aryl methyl sites for hydroxylation is 2. The summed E-state index contributed by atoms with van der Waals surface area (Å²) in [5.41, 5.74) is 7.02. The van der Waals surface area contributed by atoms with Crippen LogP contribution < -0.4 is 0 Å². The Bertz CT molecular complexity index is 957. The Kier molecular flexibility index (Phi) is 5.23. The summed E-state index contributed by atoms with van der Waals surface area (Å²) in [4.78, 5) is 16.4. The van der Waals surface area contributed by atoms with Gasteiger partial charge < -0.3 is 9.97 Å². The van der Waals surface area contributed by atoms with Gasteiger partial charge in [-0.2, -0.15) is 0 Å². The third-order valence-corrected chi connectivity index (χ3v) is 5.13. The zero-order chi connectivity index (χ0) is 18.6. The maximum absolute atomic E-state index is 4.70. The summed E-state index contributed by atoms with van der Waals surface area (Å²) in [6.45, 7) is 4.42. The third kappa shape index (κ3) is 4.05. The van der Waals surface area contributed by atoms with Gasteiger partial charge in [0.15, 0.2) is 0 Å². The molecule has 0 fully saturated rings. The van der Waals surface area contributed by atoms with Crippen molar-refractivity contribution in [3.05, 3.63) is 59.2 Å². The average Bonchev–Trinajstić information content (AvgIpc) is 3.27. The van der Waals surface area contributed by atoms with E-state index >= 15 is 0 Å². The molecule has 2 aromatic carbocycles. The van der Waals surface area contributed by atoms with E-state index in [0.717, 1.165) is 53.0 Å². The lowest BCUT2D eigenvalue weighted by molar-refractivity contribution is 0.765. The summed E-state index contributed by atoms with van der Waals surface area (Å²) in [6.07, 6.45) is 7.71. The monoisotopic (exact) mass is 360 g/mol. The van der Waals surface area contributed by atoms with Crippen LogP contribution >= 0.6 is 0 Å². The van der Waals surface area contributed by atoms with Crippen LogP contribution in [0.1, 0.15) is 62.3 Å². The lowest BCUT2D eigenvalue weighted by Gasteiger charge is -2.02. The Morgan fingerprint density at radius 1 is 0.704 bits per heavy atom. The van der Waals surface area contributed by atoms with Gasteiger partial charge in [0.1, 0.15) is 11.6 Å². The largest absolute Gasteiger partial charge is 0.342 e. The predicted molar refractivity (Wildman–Crippen MR) is 112 cm³/mol. The molecule has 4 heteroatoms. The van der Waals surface area contributed by atoms with E-state index in [4.69, 9.17) is 9.97 Å². The molecule has 0 amide bonds. The lowest BCUT2D eigenvalue weighted by Crippen LogP contribution is -1.88. The molecule has 0 aliphatic rings. The summed E-state index contributed by atoms with van der Waals surface area (Å²) in [5, 5.41) is 0. The highest BCUT2D eigenvalue weighted by Crippen LogP contribution is 2.20. The first-order valence-electron chi connectivity index (χ1n) is 10.2. The van der Waals surface area contributed by atoms with Crippen LogP contribution in [0.15, 0.2) is 36.4 Å². The zero-order valence-corrected chi connectivity index (χ0v) is 16.3. The maximum atomic E-state index is 4.70. The number of nitrogens with zero attached hydrogens (tertiary/aromatic N) is 2. The van der Waals surface area contributed by atoms with E-state index < -0.39 is 0 Å². The first-order chi connectivity index (χ1) is 13.2. The van der Waals surface area contributed by atoms with Crippen molar-refractivity contribution in [1.82, 2.24) is 19.9 Å². The van der Waals surface area contributed by atoms with Gasteiger partial charge in [-0.05, 0) is 54.7 Å². The molecule has 2 N–H and O–H groups in total. The van der Waals surface area contributed by atoms with Gasteiger partial charge in [0.25, 0.3) is 0 Å². The molecule has 0 aliphatic heterocycles. The molecule has 4 rings (SSSR count). The number of fused-ring (bicyclic) bond motifs is 2. The van der Waals surface area contributed by atoms with E-state index in [1.165, 1.54) is 36.8 Å². The van der Waals surface area contributed by atoms with Crippen molar-refractivity contribution in [3.63, 3.8) is 0 Å². The molecule has 4 aromatic rings. The fourth-order valence-electron chi connectivity index (χ4n) is 3.60. The molecule has 27 heavy (non-hydrogen) atoms. The van der Waals surface area contributed by atoms with Gasteiger partial charge in [-0.3, -0.25) is 0 Å². The van der Waals surface area contributed by atoms with Gasteiger partial charge in [-0.25, -0.2) is 9.97 Å². The fourth-order valence-corrected chi connectivity index (χ4v) is 3.60. The van der Waals surface area contributed by atoms with Crippen LogP contribution in [0.4, 0.5) is 0 Å². The Labute approximate surface area is 160 Å². The van der Waals surface area contributed by atoms with E-state index in [0.29, 0.717) is 0 Å². The second-order valence-electron chi connectivity index (χ2n) is 7.45. The number of hydrogen-bond acceptors (Lipinski definition) is 2. The van der Waals surface area contributed by atoms with Crippen molar-refractivity contribution in [1.29, 1.82) is 0 Å². The van der Waals surface area contributed by atoms with E-state index in [-0.39, 0.29) is 0 Å². The molecular formula is C23H28N4. The zero-order valence-electron chi connectivity index (χ0n) is 16.3. The van der Waals surface area contributed by atoms with Crippen molar-refractivity contribution < 1.29 is 0 Å². The van der Waals surface area contributed by atoms with Gasteiger partial charge in [0.2, 0.25) is 0 Å². The predicted octanol–water partition coefficient (Wildman–Crippen LogP) is 5.72. The molecule has 2 aromatic heterocycles. The molecule has 0 bridgehead atoms. The highest BCUT2D eigenvalue weighted by atomic mass is 14.9. The summed E-state index contributed by atoms with van der Waals surface area (Å²) >= 11 is 0. The Hall–Kier alpha value is -2.62. The SMILES string of the molecule is CCCCc1nc2ccc(Cc3ccc4nc(CCCC)[nH]c4c3)cc2[nH]1. The highest BCUT2D eigenvalue weighted by Gasteiger charge is 2.07. The Morgan fingerprint density at radius 2 is 1.19 bits per heavy atom. The molecule has 0 saturated heterocycles. The topological polar surface area (TPSA) is 57.4 Å². The number of aromatic amines is 2. The van der Waals surface area contributed by atoms with Gasteiger partial charge in [0.05, 0.1) is 22.1 Å². The van der Waals surface area contributed by atoms with Crippen LogP contribution in [-0.4, -0.2) is 19.9 Å². The number of imidazole rings is 2. The second-order valence-corrected chi connectivity index (χ2v) is 7.45. The third-order valence-electron chi connectivity index (χ3n) is 5.13. The summed E-state index contributed by atoms with van der Waals surface area (Å²) < 4.78 is 0. The number of benzene rings is 2. The van der Waals surface area contributed by atoms with Gasteiger partial charge >= 0.3 is 0 Å². The van der Waals surface area contributed by atoms with E-state index in [9.17, 15) is 0 Å². The molecule has 4 nitrogen and oxygen atoms in total. The number of H-pyrrole nitrogens is 2. The lowest BCUT2D eigenvalue weighted by atomic mass is 10.0. The van der Waals surface area contributed by atoms with Gasteiger partial charge in [0, 0.05) is 12.8 Å². The van der Waals surface area contributed by atoms with Gasteiger partial charge in [-0.15, -0.1) is 0 Å². The average molecular weight is 361 g/mol. The van der Waals surface area contributed by atoms with Crippen LogP contribution in [-0.2, 0) is 19.3 Å². The fraction of sp³-hybridized carbons (Fsp3) is 0.391. The van der Waals surface area contributed by atoms with Crippen molar-refractivity contribution >= 4 is 22.1 Å². The quantitative estimate of drug-likeness (QED) is 0.422. The van der Waals surface area contributed by atoms with Crippen molar-refractivity contribution in [2.75, 3.05) is 0 Å². The minimum Gasteiger partial charge on any atom is -0.342 e. The Balaban J connectivity index is 1.53. The van der Waals surface area contributed by atoms with E-state index in [1.54, 1.807) is 0 Å². The summed E-state index contributed by atoms with van der Waals surface area (Å²) in [6, 6.07) is 13.1. The smallest absolute Gasteiger partial charge is 0.107 e. The molecule has 140 valence electrons. The van der Waals surface area contributed by atoms with Crippen molar-refractivity contribution in [3.8, 4) is 0 Å². The molecule has 0 atom stereocenters. The van der Waals surface area contributed by atoms with Crippen LogP contribution in [0.2, 0.25) is 0 Å². The van der Waals surface area contributed by atoms with Crippen molar-refractivity contribution in [2.24, 2.45) is 0 Å². The van der Waals surface area contributed by atoms with Crippen LogP contribution in [0.3, 0.4) is 0 Å². The molecule has 0 radical (unpaired) electrons. The molecule has 2 heterocycles. The summed E-state index contributed by atoms with van der Waals surface area (Å²) in [5.74, 6) is 2.20. The number of unbranched alkanes of at least 4 members (excludes halogenated alkanes) is 2. The van der Waals surface area contributed by atoms with Crippen LogP contribution in [0.25, 0.3) is 22.1 Å². The molecule has 0 spiro atoms. The molecular weight excluding hydrogens is 332 g/mol. The van der Waals surface area contributed by atoms with Crippen molar-refractivity contribution in [2.45, 2.75) is 58.8 Å². The highest BCUT2D eigenvalue weighted by molar-refractivity contribution is 5.77. The van der Waals surface area contributed by atoms with Gasteiger partial charge in [-0.1, -0.05) is 38.8 Å². The number of nitrogens with one attached hydrogen (secondary N) is 2. The minimum atomic E-state index is 0.915. The van der Waals surface area contributed by atoms with E-state index in [2.05, 4.69) is 60.2 Å². The van der Waals surface area contributed by atoms with Crippen LogP contribution in [0.5, 0.6) is 0 Å². The number of aromatic nitrogens is 4. The standard InChI is InChI=1S/C23H28N4/c1-3-5-7-22-24-18-11-9-16(14-20(18)26-22)13-17-10-12-19-21(15-17)27-23(25-19)8-6-4-2/h9-12,14-15H,3-8,13H2,1-2H3,(H,24,26)(H,25,27). The Morgan fingerprint density at radius 3 is 1.63 bits per heavy atom. The second kappa shape index (κ2) is 7.95. The normalized spacial score (nSPS) is 11.6. The molecule has 0 saturated carbocycles. The number of rotatable bonds is 8. The molecule has 0 unspecified atom stereocenters. The maximum Gasteiger partial charge on any atom is 0.107 e. The first kappa shape index (κ1) is 17.8.